The minimum atomic E-state index is -0.443. The monoisotopic (exact) mass is 292 g/mol. The molecule has 1 aromatic carbocycles. The van der Waals surface area contributed by atoms with Gasteiger partial charge in [-0.2, -0.15) is 0 Å². The SMILES string of the molecule is CCNc1cccc(Sc2nccc(=O)[nH]2)c1[N+](=O)[O-]. The summed E-state index contributed by atoms with van der Waals surface area (Å²) in [5.41, 5.74) is 0.125. The van der Waals surface area contributed by atoms with Crippen molar-refractivity contribution in [2.24, 2.45) is 0 Å². The molecule has 0 radical (unpaired) electrons. The van der Waals surface area contributed by atoms with Crippen LogP contribution in [0.2, 0.25) is 0 Å². The topological polar surface area (TPSA) is 101 Å². The number of aromatic nitrogens is 2. The molecule has 2 aromatic rings. The van der Waals surface area contributed by atoms with Crippen LogP contribution in [0.3, 0.4) is 0 Å². The number of benzene rings is 1. The van der Waals surface area contributed by atoms with Crippen molar-refractivity contribution in [2.45, 2.75) is 17.0 Å². The van der Waals surface area contributed by atoms with Gasteiger partial charge in [0.1, 0.15) is 5.69 Å². The summed E-state index contributed by atoms with van der Waals surface area (Å²) in [5, 5.41) is 14.5. The van der Waals surface area contributed by atoms with Gasteiger partial charge in [-0.3, -0.25) is 14.9 Å². The van der Waals surface area contributed by atoms with E-state index < -0.39 is 4.92 Å². The first-order chi connectivity index (χ1) is 9.61. The Morgan fingerprint density at radius 1 is 1.45 bits per heavy atom. The Kier molecular flexibility index (Phi) is 4.36. The summed E-state index contributed by atoms with van der Waals surface area (Å²) in [6, 6.07) is 6.27. The lowest BCUT2D eigenvalue weighted by Gasteiger charge is -2.07. The number of hydrogen-bond acceptors (Lipinski definition) is 6. The van der Waals surface area contributed by atoms with Crippen LogP contribution in [0.25, 0.3) is 0 Å². The smallest absolute Gasteiger partial charge is 0.306 e. The maximum absolute atomic E-state index is 11.2. The van der Waals surface area contributed by atoms with Crippen LogP contribution in [0.5, 0.6) is 0 Å². The molecule has 8 heteroatoms. The Morgan fingerprint density at radius 3 is 2.90 bits per heavy atom. The Labute approximate surface area is 118 Å². The van der Waals surface area contributed by atoms with E-state index in [1.54, 1.807) is 18.2 Å². The van der Waals surface area contributed by atoms with Crippen LogP contribution in [-0.2, 0) is 0 Å². The van der Waals surface area contributed by atoms with Crippen molar-refractivity contribution in [2.75, 3.05) is 11.9 Å². The van der Waals surface area contributed by atoms with E-state index in [2.05, 4.69) is 15.3 Å². The van der Waals surface area contributed by atoms with E-state index in [1.165, 1.54) is 12.3 Å². The molecule has 1 heterocycles. The van der Waals surface area contributed by atoms with Gasteiger partial charge >= 0.3 is 5.69 Å². The Hall–Kier alpha value is -2.35. The third kappa shape index (κ3) is 3.15. The van der Waals surface area contributed by atoms with Crippen molar-refractivity contribution in [1.82, 2.24) is 9.97 Å². The van der Waals surface area contributed by atoms with E-state index in [4.69, 9.17) is 0 Å². The average Bonchev–Trinajstić information content (AvgIpc) is 2.39. The first-order valence-corrected chi connectivity index (χ1v) is 6.68. The third-order valence-electron chi connectivity index (χ3n) is 2.40. The molecule has 1 aromatic heterocycles. The van der Waals surface area contributed by atoms with Gasteiger partial charge in [0, 0.05) is 18.8 Å². The number of aromatic amines is 1. The van der Waals surface area contributed by atoms with Crippen LogP contribution in [0.15, 0.2) is 45.3 Å². The Balaban J connectivity index is 2.43. The normalized spacial score (nSPS) is 10.2. The van der Waals surface area contributed by atoms with Gasteiger partial charge in [0.25, 0.3) is 5.56 Å². The molecule has 0 unspecified atom stereocenters. The lowest BCUT2D eigenvalue weighted by atomic mass is 10.2. The van der Waals surface area contributed by atoms with Gasteiger partial charge in [-0.05, 0) is 30.8 Å². The van der Waals surface area contributed by atoms with E-state index >= 15 is 0 Å². The van der Waals surface area contributed by atoms with Gasteiger partial charge in [-0.1, -0.05) is 6.07 Å². The van der Waals surface area contributed by atoms with Crippen LogP contribution in [0.4, 0.5) is 11.4 Å². The van der Waals surface area contributed by atoms with Crippen molar-refractivity contribution >= 4 is 23.1 Å². The van der Waals surface area contributed by atoms with E-state index in [0.717, 1.165) is 11.8 Å². The fourth-order valence-electron chi connectivity index (χ4n) is 1.63. The van der Waals surface area contributed by atoms with Crippen LogP contribution >= 0.6 is 11.8 Å². The molecule has 0 bridgehead atoms. The highest BCUT2D eigenvalue weighted by molar-refractivity contribution is 7.99. The number of nitro benzene ring substituents is 1. The number of nitrogens with one attached hydrogen (secondary N) is 2. The van der Waals surface area contributed by atoms with Crippen molar-refractivity contribution in [3.05, 3.63) is 50.9 Å². The summed E-state index contributed by atoms with van der Waals surface area (Å²) in [7, 11) is 0. The molecule has 104 valence electrons. The number of para-hydroxylation sites is 1. The first-order valence-electron chi connectivity index (χ1n) is 5.86. The number of H-pyrrole nitrogens is 1. The molecule has 0 aliphatic heterocycles. The Morgan fingerprint density at radius 2 is 2.25 bits per heavy atom. The molecule has 2 rings (SSSR count). The largest absolute Gasteiger partial charge is 0.380 e. The summed E-state index contributed by atoms with van der Waals surface area (Å²) < 4.78 is 0. The molecule has 0 saturated carbocycles. The highest BCUT2D eigenvalue weighted by Crippen LogP contribution is 2.37. The van der Waals surface area contributed by atoms with E-state index in [9.17, 15) is 14.9 Å². The third-order valence-corrected chi connectivity index (χ3v) is 3.35. The summed E-state index contributed by atoms with van der Waals surface area (Å²) >= 11 is 1.05. The molecule has 0 aliphatic carbocycles. The van der Waals surface area contributed by atoms with Crippen molar-refractivity contribution in [1.29, 1.82) is 0 Å². The zero-order valence-corrected chi connectivity index (χ0v) is 11.4. The van der Waals surface area contributed by atoms with Gasteiger partial charge < -0.3 is 10.3 Å². The van der Waals surface area contributed by atoms with Crippen molar-refractivity contribution in [3.8, 4) is 0 Å². The standard InChI is InChI=1S/C12H12N4O3S/c1-2-13-8-4-3-5-9(11(8)16(18)19)20-12-14-7-6-10(17)15-12/h3-7,13H,2H2,1H3,(H,14,15,17). The molecule has 0 amide bonds. The molecule has 0 atom stereocenters. The Bertz CT molecular complexity index is 686. The van der Waals surface area contributed by atoms with Crippen LogP contribution in [0.1, 0.15) is 6.92 Å². The highest BCUT2D eigenvalue weighted by Gasteiger charge is 2.20. The van der Waals surface area contributed by atoms with Crippen molar-refractivity contribution < 1.29 is 4.92 Å². The lowest BCUT2D eigenvalue weighted by Crippen LogP contribution is -2.06. The van der Waals surface area contributed by atoms with Crippen molar-refractivity contribution in [3.63, 3.8) is 0 Å². The number of anilines is 1. The molecule has 20 heavy (non-hydrogen) atoms. The predicted molar refractivity (Wildman–Crippen MR) is 76.2 cm³/mol. The van der Waals surface area contributed by atoms with Gasteiger partial charge in [0.05, 0.1) is 9.82 Å². The summed E-state index contributed by atoms with van der Waals surface area (Å²) in [4.78, 5) is 28.9. The highest BCUT2D eigenvalue weighted by atomic mass is 32.2. The zero-order chi connectivity index (χ0) is 14.5. The number of nitro groups is 1. The molecule has 7 nitrogen and oxygen atoms in total. The summed E-state index contributed by atoms with van der Waals surface area (Å²) in [6.07, 6.45) is 1.36. The average molecular weight is 292 g/mol. The van der Waals surface area contributed by atoms with Gasteiger partial charge in [-0.15, -0.1) is 0 Å². The van der Waals surface area contributed by atoms with Crippen LogP contribution < -0.4 is 10.9 Å². The second-order valence-electron chi connectivity index (χ2n) is 3.78. The van der Waals surface area contributed by atoms with Gasteiger partial charge in [0.2, 0.25) is 0 Å². The molecule has 0 fully saturated rings. The predicted octanol–water partition coefficient (Wildman–Crippen LogP) is 2.26. The second kappa shape index (κ2) is 6.20. The quantitative estimate of drug-likeness (QED) is 0.498. The number of hydrogen-bond donors (Lipinski definition) is 2. The molecule has 0 aliphatic rings. The fourth-order valence-corrected chi connectivity index (χ4v) is 2.54. The minimum Gasteiger partial charge on any atom is -0.380 e. The first kappa shape index (κ1) is 14.1. The van der Waals surface area contributed by atoms with Crippen LogP contribution in [-0.4, -0.2) is 21.4 Å². The summed E-state index contributed by atoms with van der Waals surface area (Å²) in [5.74, 6) is 0. The van der Waals surface area contributed by atoms with Gasteiger partial charge in [0.15, 0.2) is 5.16 Å². The van der Waals surface area contributed by atoms with Crippen LogP contribution in [0, 0.1) is 10.1 Å². The zero-order valence-electron chi connectivity index (χ0n) is 10.6. The maximum Gasteiger partial charge on any atom is 0.306 e. The number of nitrogens with zero attached hydrogens (tertiary/aromatic N) is 2. The molecule has 0 spiro atoms. The minimum absolute atomic E-state index is 0.0224. The maximum atomic E-state index is 11.2. The van der Waals surface area contributed by atoms with E-state index in [0.29, 0.717) is 22.3 Å². The van der Waals surface area contributed by atoms with Gasteiger partial charge in [-0.25, -0.2) is 4.98 Å². The number of rotatable bonds is 5. The van der Waals surface area contributed by atoms with E-state index in [1.807, 2.05) is 6.92 Å². The summed E-state index contributed by atoms with van der Waals surface area (Å²) in [6.45, 7) is 2.44. The van der Waals surface area contributed by atoms with E-state index in [-0.39, 0.29) is 11.2 Å². The fraction of sp³-hybridized carbons (Fsp3) is 0.167. The molecular formula is C12H12N4O3S. The lowest BCUT2D eigenvalue weighted by molar-refractivity contribution is -0.386. The molecule has 2 N–H and O–H groups in total. The molecular weight excluding hydrogens is 280 g/mol. The molecule has 0 saturated heterocycles. The second-order valence-corrected chi connectivity index (χ2v) is 4.81.